The van der Waals surface area contributed by atoms with Crippen LogP contribution in [0.1, 0.15) is 35.1 Å². The van der Waals surface area contributed by atoms with Gasteiger partial charge in [-0.2, -0.15) is 0 Å². The van der Waals surface area contributed by atoms with Crippen molar-refractivity contribution >= 4 is 80.6 Å². The first-order chi connectivity index (χ1) is 26.5. The third-order valence-corrected chi connectivity index (χ3v) is 15.3. The molecule has 0 spiro atoms. The number of aryl methyl sites for hydroxylation is 2. The molecule has 4 N–H and O–H groups in total. The summed E-state index contributed by atoms with van der Waals surface area (Å²) in [6, 6.07) is 31.2. The smallest absolute Gasteiger partial charge is 0.307 e. The molecule has 5 heterocycles. The average Bonchev–Trinajstić information content (AvgIpc) is 3.99. The SMILES string of the molecule is O=C(O)CCc1cc(-c2ccc(-c3ccccc3CC(=O)O)s2)sc1-c1ccc(-c2sc(-c3ccc(-c4ccccc4CC(=O)O)s3)cc2CCC(=O)O)s1. The van der Waals surface area contributed by atoms with E-state index in [1.807, 2.05) is 84.9 Å². The Balaban J connectivity index is 1.22. The van der Waals surface area contributed by atoms with Crippen molar-refractivity contribution in [2.24, 2.45) is 0 Å². The van der Waals surface area contributed by atoms with Crippen LogP contribution in [0.4, 0.5) is 0 Å². The van der Waals surface area contributed by atoms with E-state index in [-0.39, 0.29) is 25.7 Å². The van der Waals surface area contributed by atoms with Gasteiger partial charge in [-0.3, -0.25) is 19.2 Å². The maximum absolute atomic E-state index is 11.7. The molecule has 0 amide bonds. The van der Waals surface area contributed by atoms with E-state index in [2.05, 4.69) is 12.1 Å². The number of rotatable bonds is 16. The van der Waals surface area contributed by atoms with E-state index in [4.69, 9.17) is 0 Å². The molecule has 0 atom stereocenters. The molecule has 7 aromatic rings. The Morgan fingerprint density at radius 2 is 0.745 bits per heavy atom. The van der Waals surface area contributed by atoms with Crippen LogP contribution >= 0.6 is 56.7 Å². The van der Waals surface area contributed by atoms with Crippen LogP contribution in [0, 0.1) is 0 Å². The molecule has 0 radical (unpaired) electrons. The highest BCUT2D eigenvalue weighted by Gasteiger charge is 2.21. The summed E-state index contributed by atoms with van der Waals surface area (Å²) >= 11 is 7.93. The van der Waals surface area contributed by atoms with E-state index in [1.165, 1.54) is 0 Å². The van der Waals surface area contributed by atoms with Gasteiger partial charge in [-0.25, -0.2) is 0 Å². The average molecular weight is 825 g/mol. The van der Waals surface area contributed by atoms with Gasteiger partial charge in [0.25, 0.3) is 0 Å². The van der Waals surface area contributed by atoms with Gasteiger partial charge in [-0.05, 0) is 94.8 Å². The molecule has 278 valence electrons. The van der Waals surface area contributed by atoms with Crippen LogP contribution in [0.3, 0.4) is 0 Å². The maximum atomic E-state index is 11.7. The second kappa shape index (κ2) is 16.7. The standard InChI is InChI=1S/C42H32O8S5/c43-37(44)17-9-25-19-35(31-13-11-29(51-31)27-7-3-1-5-23(27)21-39(47)48)54-41(25)33-15-16-34(53-33)42-26(10-18-38(45)46)20-36(55-42)32-14-12-30(52-32)28-8-4-2-6-24(28)22-40(49)50/h1-8,11-16,19-20H,9-10,17-18,21-22H2,(H,43,44)(H,45,46)(H,47,48)(H,49,50). The number of hydrogen-bond acceptors (Lipinski definition) is 9. The fraction of sp³-hybridized carbons (Fsp3) is 0.143. The number of carbonyl (C=O) groups is 4. The summed E-state index contributed by atoms with van der Waals surface area (Å²) in [5.41, 5.74) is 5.10. The molecule has 0 bridgehead atoms. The van der Waals surface area contributed by atoms with Crippen LogP contribution in [-0.4, -0.2) is 44.3 Å². The van der Waals surface area contributed by atoms with Crippen LogP contribution < -0.4 is 0 Å². The van der Waals surface area contributed by atoms with E-state index in [0.717, 1.165) is 82.2 Å². The lowest BCUT2D eigenvalue weighted by Gasteiger charge is -2.05. The summed E-state index contributed by atoms with van der Waals surface area (Å²) in [6.45, 7) is 0. The van der Waals surface area contributed by atoms with Crippen molar-refractivity contribution in [2.45, 2.75) is 38.5 Å². The number of carboxylic acids is 4. The van der Waals surface area contributed by atoms with Crippen molar-refractivity contribution in [2.75, 3.05) is 0 Å². The molecular weight excluding hydrogens is 793 g/mol. The Bertz CT molecular complexity index is 2370. The van der Waals surface area contributed by atoms with Gasteiger partial charge in [0.05, 0.1) is 12.8 Å². The Morgan fingerprint density at radius 3 is 1.15 bits per heavy atom. The van der Waals surface area contributed by atoms with Gasteiger partial charge in [-0.15, -0.1) is 56.7 Å². The number of hydrogen-bond donors (Lipinski definition) is 4. The molecule has 7 rings (SSSR count). The van der Waals surface area contributed by atoms with E-state index in [1.54, 1.807) is 56.7 Å². The van der Waals surface area contributed by atoms with Crippen molar-refractivity contribution in [3.8, 4) is 59.9 Å². The summed E-state index contributed by atoms with van der Waals surface area (Å²) in [5.74, 6) is -3.55. The second-order valence-electron chi connectivity index (χ2n) is 12.7. The zero-order valence-electron chi connectivity index (χ0n) is 28.9. The fourth-order valence-corrected chi connectivity index (χ4v) is 12.4. The van der Waals surface area contributed by atoms with Gasteiger partial charge >= 0.3 is 23.9 Å². The predicted octanol–water partition coefficient (Wildman–Crippen LogP) is 11.3. The van der Waals surface area contributed by atoms with Gasteiger partial charge in [-0.1, -0.05) is 48.5 Å². The third kappa shape index (κ3) is 8.87. The normalized spacial score (nSPS) is 11.2. The fourth-order valence-electron chi connectivity index (χ4n) is 6.34. The van der Waals surface area contributed by atoms with Crippen molar-refractivity contribution in [3.63, 3.8) is 0 Å². The van der Waals surface area contributed by atoms with Crippen molar-refractivity contribution < 1.29 is 39.6 Å². The number of carboxylic acid groups (broad SMARTS) is 4. The highest BCUT2D eigenvalue weighted by atomic mass is 32.1. The minimum atomic E-state index is -0.893. The number of aliphatic carboxylic acids is 4. The minimum absolute atomic E-state index is 0.0170. The molecule has 0 aliphatic rings. The largest absolute Gasteiger partial charge is 0.481 e. The second-order valence-corrected chi connectivity index (χ2v) is 18.0. The Kier molecular flexibility index (Phi) is 11.6. The summed E-state index contributed by atoms with van der Waals surface area (Å²) in [7, 11) is 0. The quantitative estimate of drug-likeness (QED) is 0.0752. The first-order valence-electron chi connectivity index (χ1n) is 17.1. The molecule has 8 nitrogen and oxygen atoms in total. The van der Waals surface area contributed by atoms with Crippen molar-refractivity contribution in [1.29, 1.82) is 0 Å². The minimum Gasteiger partial charge on any atom is -0.481 e. The summed E-state index contributed by atoms with van der Waals surface area (Å²) in [6.07, 6.45) is 0.532. The molecule has 0 saturated heterocycles. The monoisotopic (exact) mass is 824 g/mol. The lowest BCUT2D eigenvalue weighted by Crippen LogP contribution is -2.01. The molecular formula is C42H32O8S5. The van der Waals surface area contributed by atoms with Crippen LogP contribution in [0.25, 0.3) is 59.9 Å². The van der Waals surface area contributed by atoms with Gasteiger partial charge in [0.15, 0.2) is 0 Å². The predicted molar refractivity (Wildman–Crippen MR) is 223 cm³/mol. The van der Waals surface area contributed by atoms with E-state index in [9.17, 15) is 39.6 Å². The van der Waals surface area contributed by atoms with Gasteiger partial charge in [0, 0.05) is 61.6 Å². The lowest BCUT2D eigenvalue weighted by molar-refractivity contribution is -0.138. The highest BCUT2D eigenvalue weighted by Crippen LogP contribution is 2.49. The zero-order valence-corrected chi connectivity index (χ0v) is 33.0. The summed E-state index contributed by atoms with van der Waals surface area (Å²) in [4.78, 5) is 56.2. The molecule has 0 aliphatic carbocycles. The topological polar surface area (TPSA) is 149 Å². The maximum Gasteiger partial charge on any atom is 0.307 e. The van der Waals surface area contributed by atoms with Gasteiger partial charge < -0.3 is 20.4 Å². The molecule has 0 aliphatic heterocycles. The molecule has 0 unspecified atom stereocenters. The molecule has 0 saturated carbocycles. The lowest BCUT2D eigenvalue weighted by atomic mass is 10.0. The highest BCUT2D eigenvalue weighted by molar-refractivity contribution is 7.30. The zero-order chi connectivity index (χ0) is 38.6. The third-order valence-electron chi connectivity index (χ3n) is 8.83. The van der Waals surface area contributed by atoms with Gasteiger partial charge in [0.2, 0.25) is 0 Å². The summed E-state index contributed by atoms with van der Waals surface area (Å²) < 4.78 is 0. The van der Waals surface area contributed by atoms with E-state index in [0.29, 0.717) is 12.8 Å². The van der Waals surface area contributed by atoms with Crippen LogP contribution in [-0.2, 0) is 44.9 Å². The van der Waals surface area contributed by atoms with E-state index < -0.39 is 23.9 Å². The molecule has 13 heteroatoms. The Labute approximate surface area is 335 Å². The summed E-state index contributed by atoms with van der Waals surface area (Å²) in [5, 5.41) is 38.0. The van der Waals surface area contributed by atoms with Crippen LogP contribution in [0.5, 0.6) is 0 Å². The molecule has 55 heavy (non-hydrogen) atoms. The first kappa shape index (κ1) is 38.1. The number of benzene rings is 2. The molecule has 2 aromatic carbocycles. The van der Waals surface area contributed by atoms with Gasteiger partial charge in [0.1, 0.15) is 0 Å². The Hall–Kier alpha value is -5.18. The first-order valence-corrected chi connectivity index (χ1v) is 21.2. The molecule has 0 fully saturated rings. The Morgan fingerprint density at radius 1 is 0.382 bits per heavy atom. The van der Waals surface area contributed by atoms with Crippen molar-refractivity contribution in [3.05, 3.63) is 119 Å². The van der Waals surface area contributed by atoms with E-state index >= 15 is 0 Å². The van der Waals surface area contributed by atoms with Crippen molar-refractivity contribution in [1.82, 2.24) is 0 Å². The van der Waals surface area contributed by atoms with Crippen LogP contribution in [0.2, 0.25) is 0 Å². The van der Waals surface area contributed by atoms with Crippen LogP contribution in [0.15, 0.2) is 97.1 Å². The number of thiophene rings is 5. The molecule has 5 aromatic heterocycles.